The molecule has 0 aromatic heterocycles. The third-order valence-electron chi connectivity index (χ3n) is 3.03. The van der Waals surface area contributed by atoms with E-state index in [0.29, 0.717) is 13.0 Å². The minimum atomic E-state index is -0.668. The van der Waals surface area contributed by atoms with Crippen molar-refractivity contribution in [2.45, 2.75) is 50.6 Å². The molecular formula is C16H24ClNO2S. The van der Waals surface area contributed by atoms with Crippen LogP contribution < -0.4 is 5.32 Å². The Balaban J connectivity index is 2.65. The molecule has 1 N–H and O–H groups in total. The number of hydrogen-bond acceptors (Lipinski definition) is 4. The monoisotopic (exact) mass is 329 g/mol. The van der Waals surface area contributed by atoms with Crippen LogP contribution in [0.3, 0.4) is 0 Å². The van der Waals surface area contributed by atoms with E-state index in [1.165, 1.54) is 0 Å². The van der Waals surface area contributed by atoms with Crippen LogP contribution in [0.5, 0.6) is 0 Å². The summed E-state index contributed by atoms with van der Waals surface area (Å²) in [4.78, 5) is 13.2. The van der Waals surface area contributed by atoms with Crippen LogP contribution in [0, 0.1) is 0 Å². The van der Waals surface area contributed by atoms with Gasteiger partial charge in [-0.05, 0) is 46.2 Å². The van der Waals surface area contributed by atoms with Gasteiger partial charge in [0.15, 0.2) is 0 Å². The first-order valence-electron chi connectivity index (χ1n) is 7.21. The minimum Gasteiger partial charge on any atom is -0.465 e. The summed E-state index contributed by atoms with van der Waals surface area (Å²) < 4.78 is 5.20. The van der Waals surface area contributed by atoms with Crippen molar-refractivity contribution in [1.29, 1.82) is 0 Å². The molecule has 1 unspecified atom stereocenters. The van der Waals surface area contributed by atoms with E-state index in [-0.39, 0.29) is 12.0 Å². The molecule has 3 nitrogen and oxygen atoms in total. The van der Waals surface area contributed by atoms with Crippen molar-refractivity contribution in [1.82, 2.24) is 5.32 Å². The summed E-state index contributed by atoms with van der Waals surface area (Å²) in [5, 5.41) is 4.07. The number of hydrogen-bond donors (Lipinski definition) is 1. The predicted molar refractivity (Wildman–Crippen MR) is 90.1 cm³/mol. The molecule has 5 heteroatoms. The van der Waals surface area contributed by atoms with Gasteiger partial charge in [0.1, 0.15) is 5.54 Å². The number of esters is 1. The molecule has 0 spiro atoms. The Bertz CT molecular complexity index is 467. The lowest BCUT2D eigenvalue weighted by Gasteiger charge is -2.30. The molecule has 1 aromatic rings. The second-order valence-electron chi connectivity index (χ2n) is 5.38. The van der Waals surface area contributed by atoms with E-state index >= 15 is 0 Å². The summed E-state index contributed by atoms with van der Waals surface area (Å²) in [5.74, 6) is 0.595. The highest BCUT2D eigenvalue weighted by atomic mass is 35.5. The van der Waals surface area contributed by atoms with E-state index in [4.69, 9.17) is 16.3 Å². The molecule has 0 saturated heterocycles. The van der Waals surface area contributed by atoms with Gasteiger partial charge in [-0.15, -0.1) is 11.8 Å². The molecule has 1 aromatic carbocycles. The second kappa shape index (κ2) is 8.66. The zero-order chi connectivity index (χ0) is 15.9. The molecule has 0 heterocycles. The fraction of sp³-hybridized carbons (Fsp3) is 0.562. The molecule has 0 radical (unpaired) electrons. The third-order valence-corrected chi connectivity index (χ3v) is 4.55. The van der Waals surface area contributed by atoms with Crippen LogP contribution in [-0.2, 0) is 9.53 Å². The van der Waals surface area contributed by atoms with E-state index in [2.05, 4.69) is 5.32 Å². The first-order valence-corrected chi connectivity index (χ1v) is 8.57. The maximum absolute atomic E-state index is 12.2. The number of thioether (sulfide) groups is 1. The van der Waals surface area contributed by atoms with E-state index in [1.54, 1.807) is 11.8 Å². The highest BCUT2D eigenvalue weighted by Crippen LogP contribution is 2.28. The summed E-state index contributed by atoms with van der Waals surface area (Å²) in [6, 6.07) is 7.95. The molecule has 118 valence electrons. The lowest BCUT2D eigenvalue weighted by molar-refractivity contribution is -0.150. The van der Waals surface area contributed by atoms with Crippen LogP contribution >= 0.6 is 23.4 Å². The smallest absolute Gasteiger partial charge is 0.326 e. The maximum atomic E-state index is 12.2. The normalized spacial score (nSPS) is 14.0. The Morgan fingerprint density at radius 2 is 2.10 bits per heavy atom. The van der Waals surface area contributed by atoms with Crippen molar-refractivity contribution < 1.29 is 9.53 Å². The zero-order valence-electron chi connectivity index (χ0n) is 13.1. The van der Waals surface area contributed by atoms with Gasteiger partial charge in [-0.3, -0.25) is 10.1 Å². The van der Waals surface area contributed by atoms with Gasteiger partial charge in [0.2, 0.25) is 0 Å². The fourth-order valence-corrected chi connectivity index (χ4v) is 3.50. The number of nitrogens with one attached hydrogen (secondary N) is 1. The number of ether oxygens (including phenoxy) is 1. The second-order valence-corrected chi connectivity index (χ2v) is 6.92. The van der Waals surface area contributed by atoms with Gasteiger partial charge in [0, 0.05) is 16.7 Å². The molecule has 1 atom stereocenters. The SMILES string of the molecule is CCOC(=O)C(C)(CCSc1ccccc1Cl)NC(C)C. The molecule has 0 fully saturated rings. The molecule has 0 aliphatic carbocycles. The molecule has 0 bridgehead atoms. The van der Waals surface area contributed by atoms with Crippen molar-refractivity contribution in [2.24, 2.45) is 0 Å². The van der Waals surface area contributed by atoms with Crippen molar-refractivity contribution in [3.63, 3.8) is 0 Å². The summed E-state index contributed by atoms with van der Waals surface area (Å²) in [7, 11) is 0. The van der Waals surface area contributed by atoms with Gasteiger partial charge in [-0.2, -0.15) is 0 Å². The Morgan fingerprint density at radius 1 is 1.43 bits per heavy atom. The predicted octanol–water partition coefficient (Wildman–Crippen LogP) is 4.14. The van der Waals surface area contributed by atoms with Gasteiger partial charge in [-0.25, -0.2) is 0 Å². The number of rotatable bonds is 8. The van der Waals surface area contributed by atoms with Gasteiger partial charge in [0.05, 0.1) is 11.6 Å². The summed E-state index contributed by atoms with van der Waals surface area (Å²) in [6.07, 6.45) is 0.680. The number of halogens is 1. The minimum absolute atomic E-state index is 0.196. The Labute approximate surface area is 136 Å². The summed E-state index contributed by atoms with van der Waals surface area (Å²) in [5.41, 5.74) is -0.668. The fourth-order valence-electron chi connectivity index (χ4n) is 2.09. The quantitative estimate of drug-likeness (QED) is 0.574. The lowest BCUT2D eigenvalue weighted by atomic mass is 9.98. The highest BCUT2D eigenvalue weighted by Gasteiger charge is 2.34. The van der Waals surface area contributed by atoms with Crippen molar-refractivity contribution in [3.8, 4) is 0 Å². The van der Waals surface area contributed by atoms with Crippen molar-refractivity contribution in [2.75, 3.05) is 12.4 Å². The number of benzene rings is 1. The Kier molecular flexibility index (Phi) is 7.57. The topological polar surface area (TPSA) is 38.3 Å². The van der Waals surface area contributed by atoms with Gasteiger partial charge in [0.25, 0.3) is 0 Å². The van der Waals surface area contributed by atoms with Crippen molar-refractivity contribution >= 4 is 29.3 Å². The molecule has 0 amide bonds. The molecular weight excluding hydrogens is 306 g/mol. The molecule has 0 aliphatic heterocycles. The van der Waals surface area contributed by atoms with E-state index in [9.17, 15) is 4.79 Å². The van der Waals surface area contributed by atoms with Crippen LogP contribution in [0.25, 0.3) is 0 Å². The largest absolute Gasteiger partial charge is 0.465 e. The molecule has 0 aliphatic rings. The van der Waals surface area contributed by atoms with Crippen LogP contribution in [0.2, 0.25) is 5.02 Å². The van der Waals surface area contributed by atoms with E-state index in [0.717, 1.165) is 15.7 Å². The maximum Gasteiger partial charge on any atom is 0.326 e. The number of carbonyl (C=O) groups is 1. The standard InChI is InChI=1S/C16H24ClNO2S/c1-5-20-15(19)16(4,18-12(2)3)10-11-21-14-9-7-6-8-13(14)17/h6-9,12,18H,5,10-11H2,1-4H3. The zero-order valence-corrected chi connectivity index (χ0v) is 14.7. The van der Waals surface area contributed by atoms with Crippen molar-refractivity contribution in [3.05, 3.63) is 29.3 Å². The molecule has 21 heavy (non-hydrogen) atoms. The van der Waals surface area contributed by atoms with Crippen LogP contribution in [-0.4, -0.2) is 29.9 Å². The molecule has 0 saturated carbocycles. The first-order chi connectivity index (χ1) is 9.89. The van der Waals surface area contributed by atoms with E-state index < -0.39 is 5.54 Å². The van der Waals surface area contributed by atoms with E-state index in [1.807, 2.05) is 52.0 Å². The average Bonchev–Trinajstić information content (AvgIpc) is 2.40. The Morgan fingerprint density at radius 3 is 2.67 bits per heavy atom. The lowest BCUT2D eigenvalue weighted by Crippen LogP contribution is -2.53. The van der Waals surface area contributed by atoms with Gasteiger partial charge >= 0.3 is 5.97 Å². The first kappa shape index (κ1) is 18.3. The van der Waals surface area contributed by atoms with Gasteiger partial charge < -0.3 is 4.74 Å². The van der Waals surface area contributed by atoms with Gasteiger partial charge in [-0.1, -0.05) is 23.7 Å². The number of carbonyl (C=O) groups excluding carboxylic acids is 1. The Hall–Kier alpha value is -0.710. The average molecular weight is 330 g/mol. The molecule has 1 rings (SSSR count). The van der Waals surface area contributed by atoms with Crippen LogP contribution in [0.4, 0.5) is 0 Å². The van der Waals surface area contributed by atoms with Crippen LogP contribution in [0.1, 0.15) is 34.1 Å². The highest BCUT2D eigenvalue weighted by molar-refractivity contribution is 7.99. The van der Waals surface area contributed by atoms with Crippen LogP contribution in [0.15, 0.2) is 29.2 Å². The third kappa shape index (κ3) is 5.89. The summed E-state index contributed by atoms with van der Waals surface area (Å²) in [6.45, 7) is 8.17. The summed E-state index contributed by atoms with van der Waals surface area (Å²) >= 11 is 7.80.